The number of fused-ring (bicyclic) bond motifs is 1. The second-order valence-electron chi connectivity index (χ2n) is 4.30. The monoisotopic (exact) mass is 257 g/mol. The topological polar surface area (TPSA) is 85.9 Å². The van der Waals surface area contributed by atoms with E-state index in [0.29, 0.717) is 5.95 Å². The molecule has 0 saturated carbocycles. The van der Waals surface area contributed by atoms with Gasteiger partial charge in [0, 0.05) is 17.8 Å². The Bertz CT molecular complexity index is 659. The normalized spacial score (nSPS) is 17.3. The van der Waals surface area contributed by atoms with E-state index in [1.54, 1.807) is 16.8 Å². The summed E-state index contributed by atoms with van der Waals surface area (Å²) >= 11 is 0. The van der Waals surface area contributed by atoms with Crippen LogP contribution in [0.3, 0.4) is 0 Å². The van der Waals surface area contributed by atoms with Crippen molar-refractivity contribution in [2.45, 2.75) is 13.0 Å². The summed E-state index contributed by atoms with van der Waals surface area (Å²) in [5.41, 5.74) is 1.99. The number of nitro benzene ring substituents is 1. The van der Waals surface area contributed by atoms with Crippen molar-refractivity contribution in [2.24, 2.45) is 0 Å². The summed E-state index contributed by atoms with van der Waals surface area (Å²) < 4.78 is 1.74. The number of rotatable bonds is 2. The molecule has 0 aliphatic carbocycles. The largest absolute Gasteiger partial charge is 0.329 e. The van der Waals surface area contributed by atoms with Crippen LogP contribution in [0.25, 0.3) is 0 Å². The number of nitro groups is 1. The molecule has 0 bridgehead atoms. The first-order chi connectivity index (χ1) is 9.15. The Balaban J connectivity index is 2.01. The predicted molar refractivity (Wildman–Crippen MR) is 68.6 cm³/mol. The zero-order valence-electron chi connectivity index (χ0n) is 10.1. The van der Waals surface area contributed by atoms with Gasteiger partial charge in [-0.3, -0.25) is 10.1 Å². The van der Waals surface area contributed by atoms with Gasteiger partial charge in [-0.25, -0.2) is 4.68 Å². The first kappa shape index (κ1) is 11.4. The van der Waals surface area contributed by atoms with Crippen LogP contribution >= 0.6 is 0 Å². The van der Waals surface area contributed by atoms with Gasteiger partial charge in [0.1, 0.15) is 12.4 Å². The minimum atomic E-state index is -0.409. The van der Waals surface area contributed by atoms with Gasteiger partial charge < -0.3 is 5.32 Å². The minimum absolute atomic E-state index is 0.0807. The SMILES string of the molecule is CC1=CC(c2ccc([N+](=O)[O-])cc2)n2ncnc2N1. The molecular formula is C12H11N5O2. The Kier molecular flexibility index (Phi) is 2.52. The molecule has 0 fully saturated rings. The third-order valence-electron chi connectivity index (χ3n) is 3.00. The van der Waals surface area contributed by atoms with Crippen molar-refractivity contribution in [3.05, 3.63) is 58.0 Å². The second kappa shape index (κ2) is 4.20. The molecule has 7 nitrogen and oxygen atoms in total. The van der Waals surface area contributed by atoms with Crippen LogP contribution in [0.5, 0.6) is 0 Å². The highest BCUT2D eigenvalue weighted by Gasteiger charge is 2.21. The van der Waals surface area contributed by atoms with E-state index >= 15 is 0 Å². The highest BCUT2D eigenvalue weighted by Crippen LogP contribution is 2.28. The number of nitrogens with zero attached hydrogens (tertiary/aromatic N) is 4. The Morgan fingerprint density at radius 2 is 2.11 bits per heavy atom. The van der Waals surface area contributed by atoms with Crippen LogP contribution < -0.4 is 5.32 Å². The molecule has 1 unspecified atom stereocenters. The predicted octanol–water partition coefficient (Wildman–Crippen LogP) is 2.10. The molecule has 0 amide bonds. The number of aromatic nitrogens is 3. The van der Waals surface area contributed by atoms with E-state index in [-0.39, 0.29) is 11.7 Å². The molecule has 1 aromatic carbocycles. The van der Waals surface area contributed by atoms with E-state index < -0.39 is 4.92 Å². The average Bonchev–Trinajstić information content (AvgIpc) is 2.85. The molecule has 1 aromatic heterocycles. The number of non-ortho nitro benzene ring substituents is 1. The highest BCUT2D eigenvalue weighted by atomic mass is 16.6. The fourth-order valence-electron chi connectivity index (χ4n) is 2.10. The number of benzene rings is 1. The van der Waals surface area contributed by atoms with Crippen LogP contribution in [0.1, 0.15) is 18.5 Å². The van der Waals surface area contributed by atoms with E-state index in [1.807, 2.05) is 13.0 Å². The fourth-order valence-corrected chi connectivity index (χ4v) is 2.10. The molecule has 1 aliphatic rings. The maximum atomic E-state index is 10.7. The number of nitrogens with one attached hydrogen (secondary N) is 1. The van der Waals surface area contributed by atoms with Gasteiger partial charge in [-0.1, -0.05) is 0 Å². The van der Waals surface area contributed by atoms with E-state index in [0.717, 1.165) is 11.3 Å². The van der Waals surface area contributed by atoms with Crippen molar-refractivity contribution < 1.29 is 4.92 Å². The zero-order valence-corrected chi connectivity index (χ0v) is 10.1. The molecule has 1 atom stereocenters. The first-order valence-corrected chi connectivity index (χ1v) is 5.74. The third kappa shape index (κ3) is 1.95. The van der Waals surface area contributed by atoms with Gasteiger partial charge in [-0.2, -0.15) is 10.1 Å². The third-order valence-corrected chi connectivity index (χ3v) is 3.00. The Morgan fingerprint density at radius 3 is 2.79 bits per heavy atom. The fraction of sp³-hybridized carbons (Fsp3) is 0.167. The lowest BCUT2D eigenvalue weighted by Crippen LogP contribution is -2.19. The molecule has 1 N–H and O–H groups in total. The highest BCUT2D eigenvalue weighted by molar-refractivity contribution is 5.43. The molecule has 2 heterocycles. The lowest BCUT2D eigenvalue weighted by molar-refractivity contribution is -0.384. The Hall–Kier alpha value is -2.70. The molecule has 0 saturated heterocycles. The van der Waals surface area contributed by atoms with E-state index in [2.05, 4.69) is 15.4 Å². The molecule has 96 valence electrons. The molecule has 0 radical (unpaired) electrons. The van der Waals surface area contributed by atoms with E-state index in [4.69, 9.17) is 0 Å². The lowest BCUT2D eigenvalue weighted by Gasteiger charge is -2.22. The molecule has 7 heteroatoms. The quantitative estimate of drug-likeness (QED) is 0.657. The zero-order chi connectivity index (χ0) is 13.4. The van der Waals surface area contributed by atoms with Crippen molar-refractivity contribution in [3.63, 3.8) is 0 Å². The summed E-state index contributed by atoms with van der Waals surface area (Å²) in [6.07, 6.45) is 3.48. The summed E-state index contributed by atoms with van der Waals surface area (Å²) in [6, 6.07) is 6.38. The van der Waals surface area contributed by atoms with Crippen molar-refractivity contribution in [1.29, 1.82) is 0 Å². The van der Waals surface area contributed by atoms with Gasteiger partial charge in [0.25, 0.3) is 5.69 Å². The summed E-state index contributed by atoms with van der Waals surface area (Å²) in [7, 11) is 0. The van der Waals surface area contributed by atoms with Crippen molar-refractivity contribution in [2.75, 3.05) is 5.32 Å². The van der Waals surface area contributed by atoms with Gasteiger partial charge >= 0.3 is 0 Å². The molecule has 2 aromatic rings. The van der Waals surface area contributed by atoms with Crippen molar-refractivity contribution >= 4 is 11.6 Å². The smallest absolute Gasteiger partial charge is 0.269 e. The lowest BCUT2D eigenvalue weighted by atomic mass is 10.0. The number of anilines is 1. The van der Waals surface area contributed by atoms with Crippen LogP contribution in [0.2, 0.25) is 0 Å². The minimum Gasteiger partial charge on any atom is -0.329 e. The first-order valence-electron chi connectivity index (χ1n) is 5.74. The number of hydrogen-bond donors (Lipinski definition) is 1. The molecule has 3 rings (SSSR count). The van der Waals surface area contributed by atoms with Crippen LogP contribution in [-0.2, 0) is 0 Å². The summed E-state index contributed by atoms with van der Waals surface area (Å²) in [5, 5.41) is 17.9. The Morgan fingerprint density at radius 1 is 1.37 bits per heavy atom. The van der Waals surface area contributed by atoms with Gasteiger partial charge in [0.15, 0.2) is 0 Å². The molecule has 0 spiro atoms. The van der Waals surface area contributed by atoms with E-state index in [9.17, 15) is 10.1 Å². The standard InChI is InChI=1S/C12H11N5O2/c1-8-6-11(16-12(15-8)13-7-14-16)9-2-4-10(5-3-9)17(18)19/h2-7,11H,1H3,(H,13,14,15). The summed E-state index contributed by atoms with van der Waals surface area (Å²) in [6.45, 7) is 1.94. The maximum Gasteiger partial charge on any atom is 0.269 e. The number of hydrogen-bond acceptors (Lipinski definition) is 5. The Labute approximate surface area is 108 Å². The van der Waals surface area contributed by atoms with Crippen LogP contribution in [0, 0.1) is 10.1 Å². The van der Waals surface area contributed by atoms with Crippen LogP contribution in [0.15, 0.2) is 42.4 Å². The van der Waals surface area contributed by atoms with Gasteiger partial charge in [-0.15, -0.1) is 0 Å². The van der Waals surface area contributed by atoms with Gasteiger partial charge in [0.05, 0.1) is 4.92 Å². The summed E-state index contributed by atoms with van der Waals surface area (Å²) in [4.78, 5) is 14.4. The number of allylic oxidation sites excluding steroid dienone is 2. The van der Waals surface area contributed by atoms with E-state index in [1.165, 1.54) is 18.5 Å². The van der Waals surface area contributed by atoms with Crippen molar-refractivity contribution in [1.82, 2.24) is 14.8 Å². The molecular weight excluding hydrogens is 246 g/mol. The molecule has 1 aliphatic heterocycles. The molecule has 19 heavy (non-hydrogen) atoms. The van der Waals surface area contributed by atoms with Gasteiger partial charge in [-0.05, 0) is 30.7 Å². The van der Waals surface area contributed by atoms with Crippen LogP contribution in [0.4, 0.5) is 11.6 Å². The average molecular weight is 257 g/mol. The summed E-state index contributed by atoms with van der Waals surface area (Å²) in [5.74, 6) is 0.670. The van der Waals surface area contributed by atoms with Crippen LogP contribution in [-0.4, -0.2) is 19.7 Å². The second-order valence-corrected chi connectivity index (χ2v) is 4.30. The van der Waals surface area contributed by atoms with Gasteiger partial charge in [0.2, 0.25) is 5.95 Å². The van der Waals surface area contributed by atoms with Crippen molar-refractivity contribution in [3.8, 4) is 0 Å². The maximum absolute atomic E-state index is 10.7.